The van der Waals surface area contributed by atoms with E-state index in [1.165, 1.54) is 29.7 Å². The average Bonchev–Trinajstić information content (AvgIpc) is 2.82. The largest absolute Gasteiger partial charge is 0.276 e. The van der Waals surface area contributed by atoms with Gasteiger partial charge in [0.25, 0.3) is 10.0 Å². The molecule has 2 rings (SSSR count). The molecule has 0 fully saturated rings. The summed E-state index contributed by atoms with van der Waals surface area (Å²) in [7, 11) is -3.59. The maximum Gasteiger partial charge on any atom is 0.276 e. The number of nitrogens with zero attached hydrogens (tertiary/aromatic N) is 1. The first-order chi connectivity index (χ1) is 8.58. The molecule has 0 aliphatic rings. The third kappa shape index (κ3) is 3.41. The molecule has 0 atom stereocenters. The van der Waals surface area contributed by atoms with Gasteiger partial charge in [-0.3, -0.25) is 0 Å². The number of benzene rings is 1. The van der Waals surface area contributed by atoms with Gasteiger partial charge in [-0.15, -0.1) is 11.3 Å². The van der Waals surface area contributed by atoms with E-state index in [1.54, 1.807) is 12.1 Å². The second-order valence-corrected chi connectivity index (χ2v) is 6.88. The molecule has 4 nitrogen and oxygen atoms in total. The summed E-state index contributed by atoms with van der Waals surface area (Å²) in [4.78, 5) is 3.22. The number of nitrogens with one attached hydrogen (secondary N) is 1. The lowest BCUT2D eigenvalue weighted by Gasteiger charge is -2.02. The molecule has 7 heteroatoms. The molecule has 0 saturated carbocycles. The van der Waals surface area contributed by atoms with Crippen LogP contribution in [0.3, 0.4) is 0 Å². The predicted molar refractivity (Wildman–Crippen MR) is 76.4 cm³/mol. The number of rotatable bonds is 4. The summed E-state index contributed by atoms with van der Waals surface area (Å²) in [5, 5.41) is 5.61. The molecule has 94 valence electrons. The topological polar surface area (TPSA) is 58.5 Å². The quantitative estimate of drug-likeness (QED) is 0.684. The van der Waals surface area contributed by atoms with Crippen LogP contribution in [-0.2, 0) is 10.0 Å². The lowest BCUT2D eigenvalue weighted by molar-refractivity contribution is 0.584. The van der Waals surface area contributed by atoms with Crippen LogP contribution >= 0.6 is 27.3 Å². The highest BCUT2D eigenvalue weighted by Gasteiger charge is 2.11. The van der Waals surface area contributed by atoms with E-state index < -0.39 is 10.0 Å². The zero-order valence-corrected chi connectivity index (χ0v) is 12.3. The van der Waals surface area contributed by atoms with Gasteiger partial charge in [-0.1, -0.05) is 22.0 Å². The van der Waals surface area contributed by atoms with Crippen molar-refractivity contribution in [3.05, 3.63) is 51.1 Å². The summed E-state index contributed by atoms with van der Waals surface area (Å²) in [6.07, 6.45) is 1.47. The van der Waals surface area contributed by atoms with Crippen molar-refractivity contribution in [3.63, 3.8) is 0 Å². The second-order valence-electron chi connectivity index (χ2n) is 3.32. The molecular formula is C11H9BrN2O2S2. The van der Waals surface area contributed by atoms with Crippen molar-refractivity contribution in [2.45, 2.75) is 4.90 Å². The van der Waals surface area contributed by atoms with Crippen molar-refractivity contribution in [2.24, 2.45) is 5.10 Å². The fourth-order valence-electron chi connectivity index (χ4n) is 1.19. The van der Waals surface area contributed by atoms with Crippen molar-refractivity contribution in [2.75, 3.05) is 0 Å². The third-order valence-electron chi connectivity index (χ3n) is 2.03. The second kappa shape index (κ2) is 5.64. The first-order valence-corrected chi connectivity index (χ1v) is 8.07. The number of hydrogen-bond acceptors (Lipinski definition) is 4. The number of halogens is 1. The van der Waals surface area contributed by atoms with E-state index in [1.807, 2.05) is 17.5 Å². The Morgan fingerprint density at radius 2 is 1.94 bits per heavy atom. The first-order valence-electron chi connectivity index (χ1n) is 4.92. The number of hydrogen-bond donors (Lipinski definition) is 1. The third-order valence-corrected chi connectivity index (χ3v) is 4.61. The van der Waals surface area contributed by atoms with Crippen LogP contribution in [0.1, 0.15) is 4.88 Å². The van der Waals surface area contributed by atoms with Crippen molar-refractivity contribution >= 4 is 43.5 Å². The minimum atomic E-state index is -3.59. The van der Waals surface area contributed by atoms with Crippen molar-refractivity contribution in [1.82, 2.24) is 4.83 Å². The molecule has 1 aromatic carbocycles. The molecule has 0 radical (unpaired) electrons. The Labute approximate surface area is 118 Å². The Morgan fingerprint density at radius 1 is 1.22 bits per heavy atom. The molecule has 1 heterocycles. The summed E-state index contributed by atoms with van der Waals surface area (Å²) >= 11 is 4.73. The fraction of sp³-hybridized carbons (Fsp3) is 0. The Hall–Kier alpha value is -1.18. The van der Waals surface area contributed by atoms with Crippen LogP contribution < -0.4 is 4.83 Å². The summed E-state index contributed by atoms with van der Waals surface area (Å²) in [6, 6.07) is 10.1. The molecular weight excluding hydrogens is 336 g/mol. The number of sulfonamides is 1. The number of thiophene rings is 1. The molecule has 2 aromatic rings. The summed E-state index contributed by atoms with van der Waals surface area (Å²) < 4.78 is 24.5. The highest BCUT2D eigenvalue weighted by Crippen LogP contribution is 2.14. The van der Waals surface area contributed by atoms with Crippen LogP contribution in [0.15, 0.2) is 56.2 Å². The van der Waals surface area contributed by atoms with Crippen molar-refractivity contribution in [3.8, 4) is 0 Å². The van der Waals surface area contributed by atoms with Gasteiger partial charge in [-0.2, -0.15) is 13.5 Å². The van der Waals surface area contributed by atoms with E-state index in [9.17, 15) is 8.42 Å². The van der Waals surface area contributed by atoms with Gasteiger partial charge in [0.15, 0.2) is 0 Å². The van der Waals surface area contributed by atoms with Gasteiger partial charge in [0.05, 0.1) is 11.1 Å². The van der Waals surface area contributed by atoms with E-state index in [0.717, 1.165) is 9.35 Å². The highest BCUT2D eigenvalue weighted by atomic mass is 79.9. The molecule has 0 bridgehead atoms. The van der Waals surface area contributed by atoms with Crippen LogP contribution in [0.25, 0.3) is 0 Å². The Morgan fingerprint density at radius 3 is 2.56 bits per heavy atom. The SMILES string of the molecule is O=S(=O)(N/N=C\c1cccs1)c1ccc(Br)cc1. The maximum absolute atomic E-state index is 11.8. The molecule has 0 unspecified atom stereocenters. The number of hydrazone groups is 1. The monoisotopic (exact) mass is 344 g/mol. The molecule has 1 N–H and O–H groups in total. The molecule has 0 amide bonds. The van der Waals surface area contributed by atoms with E-state index in [0.29, 0.717) is 0 Å². The molecule has 0 spiro atoms. The predicted octanol–water partition coefficient (Wildman–Crippen LogP) is 2.82. The van der Waals surface area contributed by atoms with E-state index in [4.69, 9.17) is 0 Å². The maximum atomic E-state index is 11.8. The van der Waals surface area contributed by atoms with Gasteiger partial charge in [-0.05, 0) is 35.7 Å². The molecule has 0 aliphatic heterocycles. The summed E-state index contributed by atoms with van der Waals surface area (Å²) in [5.74, 6) is 0. The first kappa shape index (κ1) is 13.3. The minimum Gasteiger partial charge on any atom is -0.200 e. The molecule has 0 saturated heterocycles. The minimum absolute atomic E-state index is 0.175. The van der Waals surface area contributed by atoms with Gasteiger partial charge in [0, 0.05) is 9.35 Å². The lowest BCUT2D eigenvalue weighted by atomic mass is 10.4. The molecule has 1 aromatic heterocycles. The Kier molecular flexibility index (Phi) is 4.15. The fourth-order valence-corrected chi connectivity index (χ4v) is 2.83. The molecule has 18 heavy (non-hydrogen) atoms. The highest BCUT2D eigenvalue weighted by molar-refractivity contribution is 9.10. The summed E-state index contributed by atoms with van der Waals surface area (Å²) in [6.45, 7) is 0. The Balaban J connectivity index is 2.10. The van der Waals surface area contributed by atoms with Crippen LogP contribution in [0, 0.1) is 0 Å². The van der Waals surface area contributed by atoms with Gasteiger partial charge >= 0.3 is 0 Å². The van der Waals surface area contributed by atoms with E-state index >= 15 is 0 Å². The van der Waals surface area contributed by atoms with Crippen molar-refractivity contribution in [1.29, 1.82) is 0 Å². The van der Waals surface area contributed by atoms with Crippen LogP contribution in [0.4, 0.5) is 0 Å². The van der Waals surface area contributed by atoms with Crippen LogP contribution in [0.5, 0.6) is 0 Å². The van der Waals surface area contributed by atoms with Gasteiger partial charge in [0.2, 0.25) is 0 Å². The van der Waals surface area contributed by atoms with Gasteiger partial charge in [-0.25, -0.2) is 4.83 Å². The van der Waals surface area contributed by atoms with Gasteiger partial charge in [0.1, 0.15) is 0 Å². The van der Waals surface area contributed by atoms with Crippen molar-refractivity contribution < 1.29 is 8.42 Å². The van der Waals surface area contributed by atoms with Crippen LogP contribution in [0.2, 0.25) is 0 Å². The normalized spacial score (nSPS) is 11.8. The lowest BCUT2D eigenvalue weighted by Crippen LogP contribution is -2.18. The van der Waals surface area contributed by atoms with Crippen LogP contribution in [-0.4, -0.2) is 14.6 Å². The average molecular weight is 345 g/mol. The molecule has 0 aliphatic carbocycles. The summed E-state index contributed by atoms with van der Waals surface area (Å²) in [5.41, 5.74) is 0. The standard InChI is InChI=1S/C11H9BrN2O2S2/c12-9-3-5-11(6-4-9)18(15,16)14-13-8-10-2-1-7-17-10/h1-8,14H/b13-8-. The Bertz CT molecular complexity index is 634. The van der Waals surface area contributed by atoms with E-state index in [2.05, 4.69) is 25.9 Å². The zero-order chi connectivity index (χ0) is 13.0. The van der Waals surface area contributed by atoms with E-state index in [-0.39, 0.29) is 4.90 Å². The van der Waals surface area contributed by atoms with Gasteiger partial charge < -0.3 is 0 Å². The smallest absolute Gasteiger partial charge is 0.200 e. The zero-order valence-electron chi connectivity index (χ0n) is 9.08.